The summed E-state index contributed by atoms with van der Waals surface area (Å²) in [6.45, 7) is 17.7. The number of halogens is 1. The summed E-state index contributed by atoms with van der Waals surface area (Å²) in [7, 11) is -4.28. The number of hydrogen-bond donors (Lipinski definition) is 2. The second-order valence-corrected chi connectivity index (χ2v) is 20.1. The number of pyridine rings is 2. The standard InChI is InChI=1S/C28H27N.C24H18ClN.C4H11BO2.CH4.3K.HO4P/c1-18(2)16-19-8-7-11-27-21(19)14-15-26(29-27)20-12-13-23-22-9-5-6-10-24(22)28(3,4)25(23)17-20;1-24(2)19-7-4-3-6-16(19)17-11-10-15(14-20(17)24)22-13-12-18-21(25)8-5-9-23(18)26-22;1-4(2)3-5(6)7;;;;;1-4-5(2)3/h5-15,17-18H,16H2,1-4H3;3-14H,1-2H3;4,6-7H,3H2,1-2H3;1H4;;;;1H/q;;;;;;+1;/p-1. The van der Waals surface area contributed by atoms with Crippen molar-refractivity contribution in [3.63, 3.8) is 0 Å². The van der Waals surface area contributed by atoms with Crippen LogP contribution in [0.4, 0.5) is 0 Å². The van der Waals surface area contributed by atoms with Crippen LogP contribution < -0.4 is 61.5 Å². The number of nitrogens with zero attached hydrogens (tertiary/aromatic N) is 2. The van der Waals surface area contributed by atoms with Crippen LogP contribution in [0.3, 0.4) is 0 Å². The second kappa shape index (κ2) is 28.6. The fraction of sp³-hybridized carbons (Fsp3) is 0.263. The van der Waals surface area contributed by atoms with Crippen molar-refractivity contribution in [3.8, 4) is 44.8 Å². The van der Waals surface area contributed by atoms with Crippen LogP contribution in [0.5, 0.6) is 0 Å². The van der Waals surface area contributed by atoms with Gasteiger partial charge in [-0.05, 0) is 128 Å². The summed E-state index contributed by atoms with van der Waals surface area (Å²) < 4.78 is 11.3. The first-order valence-electron chi connectivity index (χ1n) is 23.6. The van der Waals surface area contributed by atoms with Crippen LogP contribution in [0.1, 0.15) is 90.6 Å². The third-order valence-electron chi connectivity index (χ3n) is 12.6. The van der Waals surface area contributed by atoms with E-state index in [0.29, 0.717) is 18.2 Å². The Balaban J connectivity index is 0.000000240. The maximum atomic E-state index is 8.87. The average Bonchev–Trinajstić information content (AvgIpc) is 3.71. The van der Waals surface area contributed by atoms with Gasteiger partial charge in [0.2, 0.25) is 0 Å². The molecule has 2 aliphatic carbocycles. The van der Waals surface area contributed by atoms with Crippen molar-refractivity contribution in [2.75, 3.05) is 0 Å². The van der Waals surface area contributed by atoms with Crippen molar-refractivity contribution >= 4 is 112 Å². The van der Waals surface area contributed by atoms with Gasteiger partial charge >= 0.3 is 130 Å². The molecule has 0 aliphatic heterocycles. The van der Waals surface area contributed by atoms with Gasteiger partial charge < -0.3 is 20.2 Å². The number of fused-ring (bicyclic) bond motifs is 8. The Bertz CT molecular complexity index is 3090. The van der Waals surface area contributed by atoms with Gasteiger partial charge in [-0.1, -0.05) is 171 Å². The zero-order chi connectivity index (χ0) is 50.2. The van der Waals surface area contributed by atoms with Gasteiger partial charge in [-0.15, -0.1) is 0 Å². The molecule has 2 aliphatic rings. The Morgan fingerprint density at radius 3 is 1.46 bits per heavy atom. The van der Waals surface area contributed by atoms with Crippen LogP contribution >= 0.6 is 19.9 Å². The molecule has 10 rings (SSSR count). The van der Waals surface area contributed by atoms with E-state index in [2.05, 4.69) is 174 Å². The molecule has 1 unspecified atom stereocenters. The zero-order valence-corrected chi connectivity index (χ0v) is 53.3. The van der Waals surface area contributed by atoms with Crippen molar-refractivity contribution < 1.29 is 80.8 Å². The van der Waals surface area contributed by atoms with Crippen LogP contribution in [0.25, 0.3) is 66.6 Å². The number of hydrogen-bond acceptors (Lipinski definition) is 8. The Hall–Kier alpha value is -0.696. The summed E-state index contributed by atoms with van der Waals surface area (Å²) in [5.41, 5.74) is 18.8. The van der Waals surface area contributed by atoms with E-state index in [1.54, 1.807) is 0 Å². The molecule has 0 saturated carbocycles. The van der Waals surface area contributed by atoms with E-state index < -0.39 is 15.4 Å². The van der Waals surface area contributed by atoms with Crippen molar-refractivity contribution in [2.45, 2.75) is 86.4 Å². The Morgan fingerprint density at radius 2 is 1.04 bits per heavy atom. The minimum absolute atomic E-state index is 0. The molecule has 6 aromatic carbocycles. The molecule has 0 radical (unpaired) electrons. The molecular formula is C57H60BClK3N2O6P. The SMILES string of the molecule is C.CC(C)CB(O)O.CC(C)Cc1cccc2nc(-c3ccc4c(c3)C(C)(C)c3ccccc3-4)ccc12.CC1(C)c2ccccc2-c2ccc(-c3ccc4c(Cl)cccc4n3)cc21.O=[P+]([O-])O[O-].[K+].[K][K]. The van der Waals surface area contributed by atoms with Crippen LogP contribution in [-0.4, -0.2) is 90.3 Å². The third kappa shape index (κ3) is 15.3. The molecule has 8 aromatic rings. The van der Waals surface area contributed by atoms with E-state index >= 15 is 0 Å². The van der Waals surface area contributed by atoms with Gasteiger partial charge in [-0.2, -0.15) is 0 Å². The van der Waals surface area contributed by atoms with Crippen LogP contribution in [0, 0.1) is 11.8 Å². The second-order valence-electron chi connectivity index (χ2n) is 19.1. The first-order valence-corrected chi connectivity index (χ1v) is 41.1. The molecule has 0 saturated heterocycles. The molecule has 8 nitrogen and oxygen atoms in total. The van der Waals surface area contributed by atoms with Crippen LogP contribution in [0.2, 0.25) is 11.3 Å². The molecule has 2 aromatic heterocycles. The summed E-state index contributed by atoms with van der Waals surface area (Å²) in [5, 5.41) is 28.1. The Labute approximate surface area is 514 Å². The first kappa shape index (κ1) is 62.8. The quantitative estimate of drug-likeness (QED) is 0.0697. The van der Waals surface area contributed by atoms with E-state index in [9.17, 15) is 0 Å². The van der Waals surface area contributed by atoms with Gasteiger partial charge in [0, 0.05) is 37.8 Å². The van der Waals surface area contributed by atoms with Gasteiger partial charge in [0.05, 0.1) is 22.4 Å². The number of aromatic nitrogens is 2. The van der Waals surface area contributed by atoms with Crippen molar-refractivity contribution in [1.82, 2.24) is 9.97 Å². The Kier molecular flexibility index (Phi) is 25.3. The van der Waals surface area contributed by atoms with Gasteiger partial charge in [0.25, 0.3) is 0 Å². The fourth-order valence-corrected chi connectivity index (χ4v) is 9.66. The summed E-state index contributed by atoms with van der Waals surface area (Å²) in [5.74, 6) is 1.01. The molecule has 71 heavy (non-hydrogen) atoms. The molecule has 352 valence electrons. The molecule has 0 spiro atoms. The third-order valence-corrected chi connectivity index (χ3v) is 13.1. The average molecular weight is 1060 g/mol. The van der Waals surface area contributed by atoms with E-state index in [1.165, 1.54) is 124 Å². The molecule has 14 heteroatoms. The fourth-order valence-electron chi connectivity index (χ4n) is 9.42. The van der Waals surface area contributed by atoms with E-state index in [-0.39, 0.29) is 69.6 Å². The molecule has 1 atom stereocenters. The van der Waals surface area contributed by atoms with Crippen molar-refractivity contribution in [1.29, 1.82) is 0 Å². The zero-order valence-electron chi connectivity index (χ0n) is 42.2. The Morgan fingerprint density at radius 1 is 0.620 bits per heavy atom. The normalized spacial score (nSPS) is 12.9. The molecule has 0 bridgehead atoms. The van der Waals surface area contributed by atoms with Gasteiger partial charge in [0.1, 0.15) is 0 Å². The monoisotopic (exact) mass is 1060 g/mol. The van der Waals surface area contributed by atoms with Crippen LogP contribution in [0.15, 0.2) is 146 Å². The van der Waals surface area contributed by atoms with E-state index in [0.717, 1.165) is 44.8 Å². The molecular weight excluding hydrogens is 1000 g/mol. The summed E-state index contributed by atoms with van der Waals surface area (Å²) in [4.78, 5) is 18.8. The predicted molar refractivity (Wildman–Crippen MR) is 290 cm³/mol. The van der Waals surface area contributed by atoms with Gasteiger partial charge in [-0.3, -0.25) is 0 Å². The molecule has 2 heterocycles. The van der Waals surface area contributed by atoms with Crippen LogP contribution in [-0.2, 0) is 26.5 Å². The first-order chi connectivity index (χ1) is 32.9. The summed E-state index contributed by atoms with van der Waals surface area (Å²) in [6, 6.07) is 52.0. The minimum atomic E-state index is -3.15. The van der Waals surface area contributed by atoms with Gasteiger partial charge in [-0.25, -0.2) is 14.6 Å². The maximum absolute atomic E-state index is 8.87. The van der Waals surface area contributed by atoms with Gasteiger partial charge in [0.15, 0.2) is 0 Å². The molecule has 0 fully saturated rings. The summed E-state index contributed by atoms with van der Waals surface area (Å²) in [6.07, 6.45) is 1.56. The van der Waals surface area contributed by atoms with E-state index in [1.807, 2.05) is 32.0 Å². The molecule has 0 amide bonds. The van der Waals surface area contributed by atoms with E-state index in [4.69, 9.17) is 46.3 Å². The molecule has 2 N–H and O–H groups in total. The van der Waals surface area contributed by atoms with Crippen molar-refractivity contribution in [3.05, 3.63) is 178 Å². The number of benzene rings is 6. The topological polar surface area (TPSA) is 139 Å². The number of rotatable bonds is 7. The predicted octanol–water partition coefficient (Wildman–Crippen LogP) is 9.56. The summed E-state index contributed by atoms with van der Waals surface area (Å²) >= 11 is 8.78. The van der Waals surface area contributed by atoms with Crippen molar-refractivity contribution in [2.24, 2.45) is 11.8 Å².